The zero-order chi connectivity index (χ0) is 30.5. The van der Waals surface area contributed by atoms with Crippen LogP contribution in [0.15, 0.2) is 99.2 Å². The van der Waals surface area contributed by atoms with Crippen molar-refractivity contribution in [2.24, 2.45) is 5.92 Å². The molecule has 0 bridgehead atoms. The number of thioether (sulfide) groups is 1. The van der Waals surface area contributed by atoms with Crippen molar-refractivity contribution in [2.45, 2.75) is 23.1 Å². The zero-order valence-corrected chi connectivity index (χ0v) is 26.4. The quantitative estimate of drug-likeness (QED) is 0.198. The van der Waals surface area contributed by atoms with Gasteiger partial charge in [0.15, 0.2) is 6.61 Å². The fraction of sp³-hybridized carbons (Fsp3) is 0.152. The molecule has 0 saturated carbocycles. The molecule has 3 amide bonds. The van der Waals surface area contributed by atoms with Crippen molar-refractivity contribution < 1.29 is 19.1 Å². The smallest absolute Gasteiger partial charge is 0.305 e. The van der Waals surface area contributed by atoms with E-state index in [9.17, 15) is 19.2 Å². The van der Waals surface area contributed by atoms with Crippen molar-refractivity contribution in [2.75, 3.05) is 16.8 Å². The molecular formula is C33H24BrN3O5S2. The maximum Gasteiger partial charge on any atom is 0.305 e. The first-order chi connectivity index (χ1) is 21.3. The van der Waals surface area contributed by atoms with Crippen LogP contribution in [0.1, 0.15) is 21.9 Å². The van der Waals surface area contributed by atoms with Crippen molar-refractivity contribution in [3.05, 3.63) is 115 Å². The Kier molecular flexibility index (Phi) is 7.39. The van der Waals surface area contributed by atoms with E-state index in [1.165, 1.54) is 16.7 Å². The number of carbonyl (C=O) groups is 3. The standard InChI is InChI=1S/C33H24BrN3O5S2/c1-17-6-11-22(12-7-17)37-31(39)27-26(28-30(36-33(41)44-28)43-29(27)32(37)40)23-15-20(34)9-13-24(23)42-16-25(38)35-21-10-8-18-4-2-3-5-19(18)14-21/h2-15,26-27,29H,16H2,1H3,(H,35,38)(H,36,41)/t26-,27-,29+/m0/s1. The van der Waals surface area contributed by atoms with Gasteiger partial charge in [0, 0.05) is 26.5 Å². The highest BCUT2D eigenvalue weighted by atomic mass is 79.9. The Morgan fingerprint density at radius 2 is 1.73 bits per heavy atom. The van der Waals surface area contributed by atoms with Crippen molar-refractivity contribution in [3.63, 3.8) is 0 Å². The minimum absolute atomic E-state index is 0.269. The molecule has 1 fully saturated rings. The van der Waals surface area contributed by atoms with E-state index >= 15 is 0 Å². The number of benzene rings is 4. The lowest BCUT2D eigenvalue weighted by Crippen LogP contribution is -2.32. The molecule has 1 aromatic heterocycles. The number of halogens is 1. The molecule has 2 N–H and O–H groups in total. The van der Waals surface area contributed by atoms with E-state index in [0.717, 1.165) is 32.1 Å². The van der Waals surface area contributed by atoms with E-state index < -0.39 is 17.1 Å². The van der Waals surface area contributed by atoms with Crippen LogP contribution in [0.2, 0.25) is 0 Å². The second-order valence-electron chi connectivity index (χ2n) is 10.7. The van der Waals surface area contributed by atoms with Gasteiger partial charge in [-0.15, -0.1) is 0 Å². The summed E-state index contributed by atoms with van der Waals surface area (Å²) in [5.41, 5.74) is 2.77. The van der Waals surface area contributed by atoms with Gasteiger partial charge >= 0.3 is 4.87 Å². The summed E-state index contributed by atoms with van der Waals surface area (Å²) in [5, 5.41) is 4.78. The van der Waals surface area contributed by atoms with Gasteiger partial charge in [-0.25, -0.2) is 4.90 Å². The molecule has 0 spiro atoms. The number of nitrogens with one attached hydrogen (secondary N) is 2. The summed E-state index contributed by atoms with van der Waals surface area (Å²) in [6.45, 7) is 1.66. The van der Waals surface area contributed by atoms with Gasteiger partial charge in [-0.2, -0.15) is 0 Å². The minimum Gasteiger partial charge on any atom is -0.483 e. The van der Waals surface area contributed by atoms with Crippen LogP contribution in [0.25, 0.3) is 10.8 Å². The Bertz CT molecular complexity index is 2020. The first kappa shape index (κ1) is 28.6. The van der Waals surface area contributed by atoms with Gasteiger partial charge in [0.25, 0.3) is 5.91 Å². The van der Waals surface area contributed by atoms with Gasteiger partial charge < -0.3 is 15.0 Å². The Balaban J connectivity index is 1.21. The summed E-state index contributed by atoms with van der Waals surface area (Å²) in [6, 6.07) is 26.2. The lowest BCUT2D eigenvalue weighted by molar-refractivity contribution is -0.122. The summed E-state index contributed by atoms with van der Waals surface area (Å²) in [6.07, 6.45) is 0. The Hall–Kier alpha value is -4.19. The molecule has 0 radical (unpaired) electrons. The second-order valence-corrected chi connectivity index (χ2v) is 13.8. The number of amides is 3. The number of aromatic nitrogens is 1. The summed E-state index contributed by atoms with van der Waals surface area (Å²) in [5.74, 6) is -2.06. The third kappa shape index (κ3) is 5.14. The summed E-state index contributed by atoms with van der Waals surface area (Å²) >= 11 is 5.78. The molecule has 0 unspecified atom stereocenters. The molecule has 3 atom stereocenters. The normalized spacial score (nSPS) is 19.1. The molecule has 3 heterocycles. The average molecular weight is 687 g/mol. The number of carbonyl (C=O) groups excluding carboxylic acids is 3. The fourth-order valence-corrected chi connectivity index (χ4v) is 8.69. The average Bonchev–Trinajstić information content (AvgIpc) is 3.51. The van der Waals surface area contributed by atoms with Crippen molar-refractivity contribution in [1.29, 1.82) is 0 Å². The number of aryl methyl sites for hydroxylation is 1. The molecule has 11 heteroatoms. The highest BCUT2D eigenvalue weighted by Gasteiger charge is 2.56. The number of rotatable bonds is 6. The number of imide groups is 1. The number of anilines is 2. The number of fused-ring (bicyclic) bond motifs is 3. The van der Waals surface area contributed by atoms with Crippen LogP contribution in [0.5, 0.6) is 5.75 Å². The zero-order valence-electron chi connectivity index (χ0n) is 23.2. The molecule has 8 nitrogen and oxygen atoms in total. The van der Waals surface area contributed by atoms with Crippen LogP contribution in [0.3, 0.4) is 0 Å². The third-order valence-electron chi connectivity index (χ3n) is 7.81. The van der Waals surface area contributed by atoms with Gasteiger partial charge in [-0.05, 0) is 60.2 Å². The van der Waals surface area contributed by atoms with Crippen molar-refractivity contribution in [3.8, 4) is 5.75 Å². The van der Waals surface area contributed by atoms with E-state index in [1.54, 1.807) is 24.3 Å². The predicted octanol–water partition coefficient (Wildman–Crippen LogP) is 6.47. The third-order valence-corrected chi connectivity index (χ3v) is 10.7. The van der Waals surface area contributed by atoms with E-state index in [2.05, 4.69) is 26.2 Å². The van der Waals surface area contributed by atoms with Gasteiger partial charge in [0.1, 0.15) is 11.0 Å². The molecule has 4 aromatic carbocycles. The maximum atomic E-state index is 14.1. The highest BCUT2D eigenvalue weighted by Crippen LogP contribution is 2.54. The van der Waals surface area contributed by atoms with E-state index in [4.69, 9.17) is 4.74 Å². The maximum absolute atomic E-state index is 14.1. The lowest BCUT2D eigenvalue weighted by Gasteiger charge is -2.31. The highest BCUT2D eigenvalue weighted by molar-refractivity contribution is 9.10. The van der Waals surface area contributed by atoms with Crippen LogP contribution in [-0.2, 0) is 14.4 Å². The van der Waals surface area contributed by atoms with Crippen molar-refractivity contribution >= 4 is 78.9 Å². The second kappa shape index (κ2) is 11.4. The molecule has 0 aliphatic carbocycles. The van der Waals surface area contributed by atoms with Crippen LogP contribution in [-0.4, -0.2) is 34.6 Å². The minimum atomic E-state index is -0.782. The number of thiazole rings is 1. The fourth-order valence-electron chi connectivity index (χ4n) is 5.80. The SMILES string of the molecule is Cc1ccc(N2C(=O)[C@H]3[C@H](c4cc(Br)ccc4OCC(=O)Nc4ccc5ccccc5c4)c4sc(=O)[nH]c4S[C@H]3C2=O)cc1. The number of ether oxygens (including phenoxy) is 1. The number of aromatic amines is 1. The Morgan fingerprint density at radius 1 is 0.955 bits per heavy atom. The summed E-state index contributed by atoms with van der Waals surface area (Å²) < 4.78 is 6.82. The van der Waals surface area contributed by atoms with E-state index in [0.29, 0.717) is 32.6 Å². The molecule has 2 aliphatic heterocycles. The Labute approximate surface area is 268 Å². The summed E-state index contributed by atoms with van der Waals surface area (Å²) in [4.78, 5) is 57.9. The Morgan fingerprint density at radius 3 is 2.52 bits per heavy atom. The molecule has 1 saturated heterocycles. The molecule has 2 aliphatic rings. The monoisotopic (exact) mass is 685 g/mol. The van der Waals surface area contributed by atoms with Crippen LogP contribution >= 0.6 is 39.0 Å². The molecule has 44 heavy (non-hydrogen) atoms. The van der Waals surface area contributed by atoms with Gasteiger partial charge in [0.05, 0.1) is 16.6 Å². The van der Waals surface area contributed by atoms with Gasteiger partial charge in [-0.3, -0.25) is 19.2 Å². The van der Waals surface area contributed by atoms with Gasteiger partial charge in [0.2, 0.25) is 11.8 Å². The molecule has 220 valence electrons. The number of nitrogens with zero attached hydrogens (tertiary/aromatic N) is 1. The number of hydrogen-bond donors (Lipinski definition) is 2. The van der Waals surface area contributed by atoms with E-state index in [1.807, 2.05) is 67.6 Å². The largest absolute Gasteiger partial charge is 0.483 e. The van der Waals surface area contributed by atoms with Crippen molar-refractivity contribution in [1.82, 2.24) is 4.98 Å². The topological polar surface area (TPSA) is 109 Å². The van der Waals surface area contributed by atoms with Crippen LogP contribution in [0, 0.1) is 12.8 Å². The first-order valence-corrected chi connectivity index (χ1v) is 16.3. The molecule has 7 rings (SSSR count). The van der Waals surface area contributed by atoms with Crippen LogP contribution in [0.4, 0.5) is 11.4 Å². The first-order valence-electron chi connectivity index (χ1n) is 13.8. The van der Waals surface area contributed by atoms with E-state index in [-0.39, 0.29) is 29.2 Å². The van der Waals surface area contributed by atoms with Crippen LogP contribution < -0.4 is 19.8 Å². The molecular weight excluding hydrogens is 662 g/mol. The lowest BCUT2D eigenvalue weighted by atomic mass is 9.82. The number of hydrogen-bond acceptors (Lipinski definition) is 7. The molecule has 5 aromatic rings. The number of H-pyrrole nitrogens is 1. The predicted molar refractivity (Wildman–Crippen MR) is 176 cm³/mol. The van der Waals surface area contributed by atoms with Gasteiger partial charge in [-0.1, -0.05) is 87.1 Å². The summed E-state index contributed by atoms with van der Waals surface area (Å²) in [7, 11) is 0.